The van der Waals surface area contributed by atoms with Gasteiger partial charge in [0.2, 0.25) is 5.91 Å². The molecule has 1 aromatic heterocycles. The van der Waals surface area contributed by atoms with Gasteiger partial charge in [-0.15, -0.1) is 11.3 Å². The molecule has 0 unspecified atom stereocenters. The van der Waals surface area contributed by atoms with Gasteiger partial charge in [-0.25, -0.2) is 4.79 Å². The summed E-state index contributed by atoms with van der Waals surface area (Å²) >= 11 is 1.30. The maximum atomic E-state index is 12.4. The summed E-state index contributed by atoms with van der Waals surface area (Å²) in [7, 11) is 0. The summed E-state index contributed by atoms with van der Waals surface area (Å²) < 4.78 is 5.15. The van der Waals surface area contributed by atoms with E-state index in [0.29, 0.717) is 16.3 Å². The highest BCUT2D eigenvalue weighted by molar-refractivity contribution is 7.16. The van der Waals surface area contributed by atoms with Gasteiger partial charge in [-0.2, -0.15) is 0 Å². The van der Waals surface area contributed by atoms with Crippen molar-refractivity contribution >= 4 is 39.8 Å². The van der Waals surface area contributed by atoms with Crippen molar-refractivity contribution in [2.24, 2.45) is 0 Å². The molecule has 0 aliphatic carbocycles. The number of amides is 2. The van der Waals surface area contributed by atoms with Crippen LogP contribution in [0.5, 0.6) is 0 Å². The standard InChI is InChI=1S/C19H22N2O4S/c1-10-7-6-8-15(11(10)2)21-16(23)9-25-19(24)17-12(3)13(4)26-18(17)20-14(5)22/h6-8H,9H2,1-5H3,(H,20,22)(H,21,23). The second-order valence-electron chi connectivity index (χ2n) is 6.04. The van der Waals surface area contributed by atoms with Crippen LogP contribution in [-0.2, 0) is 14.3 Å². The summed E-state index contributed by atoms with van der Waals surface area (Å²) in [5.41, 5.74) is 3.74. The van der Waals surface area contributed by atoms with Gasteiger partial charge in [-0.3, -0.25) is 9.59 Å². The smallest absolute Gasteiger partial charge is 0.341 e. The summed E-state index contributed by atoms with van der Waals surface area (Å²) in [5, 5.41) is 5.81. The van der Waals surface area contributed by atoms with E-state index in [1.807, 2.05) is 32.9 Å². The van der Waals surface area contributed by atoms with Crippen LogP contribution in [0.1, 0.15) is 38.8 Å². The maximum Gasteiger partial charge on any atom is 0.341 e. The fraction of sp³-hybridized carbons (Fsp3) is 0.316. The molecule has 0 fully saturated rings. The summed E-state index contributed by atoms with van der Waals surface area (Å²) in [5.74, 6) is -1.32. The van der Waals surface area contributed by atoms with E-state index < -0.39 is 18.5 Å². The molecule has 0 saturated heterocycles. The van der Waals surface area contributed by atoms with Crippen LogP contribution in [0.2, 0.25) is 0 Å². The van der Waals surface area contributed by atoms with Crippen molar-refractivity contribution in [3.05, 3.63) is 45.3 Å². The van der Waals surface area contributed by atoms with Crippen LogP contribution in [0, 0.1) is 27.7 Å². The Bertz CT molecular complexity index is 871. The van der Waals surface area contributed by atoms with Gasteiger partial charge in [0, 0.05) is 17.5 Å². The van der Waals surface area contributed by atoms with Crippen LogP contribution in [0.25, 0.3) is 0 Å². The number of esters is 1. The van der Waals surface area contributed by atoms with Gasteiger partial charge < -0.3 is 15.4 Å². The van der Waals surface area contributed by atoms with Crippen LogP contribution < -0.4 is 10.6 Å². The highest BCUT2D eigenvalue weighted by Gasteiger charge is 2.22. The minimum atomic E-state index is -0.633. The van der Waals surface area contributed by atoms with E-state index >= 15 is 0 Å². The Balaban J connectivity index is 2.06. The zero-order valence-electron chi connectivity index (χ0n) is 15.5. The van der Waals surface area contributed by atoms with Crippen molar-refractivity contribution in [2.75, 3.05) is 17.2 Å². The van der Waals surface area contributed by atoms with Crippen molar-refractivity contribution in [2.45, 2.75) is 34.6 Å². The van der Waals surface area contributed by atoms with Crippen LogP contribution >= 0.6 is 11.3 Å². The van der Waals surface area contributed by atoms with Crippen molar-refractivity contribution in [3.63, 3.8) is 0 Å². The number of hydrogen-bond donors (Lipinski definition) is 2. The largest absolute Gasteiger partial charge is 0.452 e. The molecule has 0 atom stereocenters. The van der Waals surface area contributed by atoms with Crippen molar-refractivity contribution in [1.82, 2.24) is 0 Å². The first-order valence-electron chi connectivity index (χ1n) is 8.11. The predicted octanol–water partition coefficient (Wildman–Crippen LogP) is 3.74. The predicted molar refractivity (Wildman–Crippen MR) is 103 cm³/mol. The van der Waals surface area contributed by atoms with Gasteiger partial charge in [0.05, 0.1) is 5.56 Å². The molecule has 7 heteroatoms. The Morgan fingerprint density at radius 3 is 2.38 bits per heavy atom. The number of aryl methyl sites for hydroxylation is 2. The first-order valence-corrected chi connectivity index (χ1v) is 8.93. The third-order valence-electron chi connectivity index (χ3n) is 4.09. The lowest BCUT2D eigenvalue weighted by atomic mass is 10.1. The fourth-order valence-electron chi connectivity index (χ4n) is 2.40. The monoisotopic (exact) mass is 374 g/mol. The number of rotatable bonds is 5. The molecule has 0 aliphatic rings. The van der Waals surface area contributed by atoms with Gasteiger partial charge in [-0.1, -0.05) is 12.1 Å². The molecule has 6 nitrogen and oxygen atoms in total. The van der Waals surface area contributed by atoms with E-state index in [0.717, 1.165) is 21.6 Å². The molecule has 2 N–H and O–H groups in total. The Hall–Kier alpha value is -2.67. The first kappa shape index (κ1) is 19.7. The average Bonchev–Trinajstić information content (AvgIpc) is 2.83. The SMILES string of the molecule is CC(=O)Nc1sc(C)c(C)c1C(=O)OCC(=O)Nc1cccc(C)c1C. The number of benzene rings is 1. The molecule has 1 aromatic carbocycles. The molecule has 2 aromatic rings. The molecular formula is C19H22N2O4S. The highest BCUT2D eigenvalue weighted by atomic mass is 32.1. The second kappa shape index (κ2) is 8.14. The van der Waals surface area contributed by atoms with Crippen LogP contribution in [-0.4, -0.2) is 24.4 Å². The van der Waals surface area contributed by atoms with Gasteiger partial charge in [0.25, 0.3) is 5.91 Å². The number of thiophene rings is 1. The topological polar surface area (TPSA) is 84.5 Å². The molecule has 0 spiro atoms. The molecule has 1 heterocycles. The molecular weight excluding hydrogens is 352 g/mol. The molecule has 0 radical (unpaired) electrons. The lowest BCUT2D eigenvalue weighted by Gasteiger charge is -2.11. The Morgan fingerprint density at radius 1 is 1.04 bits per heavy atom. The quantitative estimate of drug-likeness (QED) is 0.781. The van der Waals surface area contributed by atoms with Gasteiger partial charge in [-0.05, 0) is 50.5 Å². The highest BCUT2D eigenvalue weighted by Crippen LogP contribution is 2.33. The van der Waals surface area contributed by atoms with Crippen LogP contribution in [0.4, 0.5) is 10.7 Å². The zero-order valence-corrected chi connectivity index (χ0v) is 16.3. The molecule has 26 heavy (non-hydrogen) atoms. The lowest BCUT2D eigenvalue weighted by molar-refractivity contribution is -0.119. The number of nitrogens with one attached hydrogen (secondary N) is 2. The Labute approximate surface area is 156 Å². The van der Waals surface area contributed by atoms with Crippen LogP contribution in [0.3, 0.4) is 0 Å². The number of carbonyl (C=O) groups is 3. The van der Waals surface area contributed by atoms with Crippen molar-refractivity contribution in [1.29, 1.82) is 0 Å². The second-order valence-corrected chi connectivity index (χ2v) is 7.27. The summed E-state index contributed by atoms with van der Waals surface area (Å²) in [6, 6.07) is 5.60. The summed E-state index contributed by atoms with van der Waals surface area (Å²) in [6.07, 6.45) is 0. The van der Waals surface area contributed by atoms with Crippen molar-refractivity contribution < 1.29 is 19.1 Å². The third-order valence-corrected chi connectivity index (χ3v) is 5.21. The molecule has 138 valence electrons. The van der Waals surface area contributed by atoms with E-state index in [1.165, 1.54) is 18.3 Å². The van der Waals surface area contributed by atoms with Gasteiger partial charge in [0.15, 0.2) is 6.61 Å². The minimum absolute atomic E-state index is 0.270. The number of anilines is 2. The van der Waals surface area contributed by atoms with Gasteiger partial charge >= 0.3 is 5.97 Å². The molecule has 0 bridgehead atoms. The molecule has 0 saturated carbocycles. The summed E-state index contributed by atoms with van der Waals surface area (Å²) in [6.45, 7) is 8.47. The minimum Gasteiger partial charge on any atom is -0.452 e. The normalized spacial score (nSPS) is 10.3. The summed E-state index contributed by atoms with van der Waals surface area (Å²) in [4.78, 5) is 36.7. The zero-order chi connectivity index (χ0) is 19.4. The Kier molecular flexibility index (Phi) is 6.15. The van der Waals surface area contributed by atoms with E-state index in [-0.39, 0.29) is 5.91 Å². The Morgan fingerprint density at radius 2 is 1.73 bits per heavy atom. The number of hydrogen-bond acceptors (Lipinski definition) is 5. The lowest BCUT2D eigenvalue weighted by Crippen LogP contribution is -2.22. The molecule has 2 amide bonds. The van der Waals surface area contributed by atoms with E-state index in [2.05, 4.69) is 10.6 Å². The maximum absolute atomic E-state index is 12.4. The molecule has 0 aliphatic heterocycles. The third kappa shape index (κ3) is 4.49. The van der Waals surface area contributed by atoms with Gasteiger partial charge in [0.1, 0.15) is 5.00 Å². The average molecular weight is 374 g/mol. The number of ether oxygens (including phenoxy) is 1. The van der Waals surface area contributed by atoms with E-state index in [1.54, 1.807) is 13.0 Å². The first-order chi connectivity index (χ1) is 12.2. The van der Waals surface area contributed by atoms with E-state index in [4.69, 9.17) is 4.74 Å². The van der Waals surface area contributed by atoms with E-state index in [9.17, 15) is 14.4 Å². The number of carbonyl (C=O) groups excluding carboxylic acids is 3. The fourth-order valence-corrected chi connectivity index (χ4v) is 3.49. The van der Waals surface area contributed by atoms with Crippen molar-refractivity contribution in [3.8, 4) is 0 Å². The van der Waals surface area contributed by atoms with Crippen LogP contribution in [0.15, 0.2) is 18.2 Å². The molecule has 2 rings (SSSR count).